The molecule has 1 aromatic carbocycles. The van der Waals surface area contributed by atoms with E-state index in [0.717, 1.165) is 14.5 Å². The molecule has 2 rings (SSSR count). The summed E-state index contributed by atoms with van der Waals surface area (Å²) in [7, 11) is 0. The van der Waals surface area contributed by atoms with Crippen LogP contribution in [-0.2, 0) is 19.0 Å². The molecule has 0 saturated heterocycles. The number of hydrogen-bond donors (Lipinski definition) is 0. The third-order valence-electron chi connectivity index (χ3n) is 3.41. The maximum absolute atomic E-state index is 12.6. The second-order valence-electron chi connectivity index (χ2n) is 5.15. The molecule has 0 aliphatic carbocycles. The minimum Gasteiger partial charge on any atom is -0.460 e. The van der Waals surface area contributed by atoms with Gasteiger partial charge in [-0.05, 0) is 38.5 Å². The monoisotopic (exact) mass is 441 g/mol. The molecule has 1 heterocycles. The molecule has 0 saturated carbocycles. The number of carbonyl (C=O) groups is 3. The standard InChI is InChI=1S/C17H20BrN3O6/c1-4-25-15(22)14-19-13(11-7-9-12(18)10-8-11)20(16(23)26-5-2)21(14)17(24)27-6-3/h7-10,13H,4-6H2,1-3H3. The Morgan fingerprint density at radius 3 is 2.07 bits per heavy atom. The third kappa shape index (κ3) is 4.57. The van der Waals surface area contributed by atoms with E-state index in [9.17, 15) is 14.4 Å². The fraction of sp³-hybridized carbons (Fsp3) is 0.412. The molecular formula is C17H20BrN3O6. The molecule has 0 aromatic heterocycles. The van der Waals surface area contributed by atoms with Gasteiger partial charge in [0.1, 0.15) is 0 Å². The van der Waals surface area contributed by atoms with Crippen LogP contribution in [0.2, 0.25) is 0 Å². The number of halogens is 1. The quantitative estimate of drug-likeness (QED) is 0.513. The van der Waals surface area contributed by atoms with Crippen molar-refractivity contribution in [1.82, 2.24) is 10.0 Å². The number of nitrogens with zero attached hydrogens (tertiary/aromatic N) is 3. The molecular weight excluding hydrogens is 422 g/mol. The highest BCUT2D eigenvalue weighted by Gasteiger charge is 2.47. The van der Waals surface area contributed by atoms with E-state index >= 15 is 0 Å². The number of rotatable bonds is 5. The first kappa shape index (κ1) is 20.7. The van der Waals surface area contributed by atoms with Crippen molar-refractivity contribution in [2.75, 3.05) is 19.8 Å². The number of esters is 1. The molecule has 0 fully saturated rings. The highest BCUT2D eigenvalue weighted by atomic mass is 79.9. The largest absolute Gasteiger partial charge is 0.460 e. The van der Waals surface area contributed by atoms with Crippen LogP contribution in [0.15, 0.2) is 33.7 Å². The zero-order valence-corrected chi connectivity index (χ0v) is 16.8. The first-order valence-electron chi connectivity index (χ1n) is 8.37. The van der Waals surface area contributed by atoms with Crippen molar-refractivity contribution in [2.45, 2.75) is 26.9 Å². The average Bonchev–Trinajstić information content (AvgIpc) is 3.04. The number of benzene rings is 1. The zero-order chi connectivity index (χ0) is 20.0. The van der Waals surface area contributed by atoms with Gasteiger partial charge < -0.3 is 14.2 Å². The van der Waals surface area contributed by atoms with Crippen LogP contribution < -0.4 is 0 Å². The maximum atomic E-state index is 12.6. The van der Waals surface area contributed by atoms with Crippen LogP contribution in [0.5, 0.6) is 0 Å². The number of ether oxygens (including phenoxy) is 3. The number of aliphatic imine (C=N–C) groups is 1. The van der Waals surface area contributed by atoms with Crippen LogP contribution in [0.1, 0.15) is 32.5 Å². The normalized spacial score (nSPS) is 16.0. The van der Waals surface area contributed by atoms with E-state index in [4.69, 9.17) is 14.2 Å². The molecule has 27 heavy (non-hydrogen) atoms. The van der Waals surface area contributed by atoms with Crippen molar-refractivity contribution in [2.24, 2.45) is 4.99 Å². The van der Waals surface area contributed by atoms with Crippen molar-refractivity contribution >= 4 is 39.9 Å². The Labute approximate surface area is 165 Å². The van der Waals surface area contributed by atoms with E-state index < -0.39 is 24.3 Å². The van der Waals surface area contributed by atoms with Gasteiger partial charge in [0.15, 0.2) is 6.17 Å². The van der Waals surface area contributed by atoms with Gasteiger partial charge in [-0.15, -0.1) is 0 Å². The van der Waals surface area contributed by atoms with Crippen molar-refractivity contribution < 1.29 is 28.6 Å². The molecule has 0 N–H and O–H groups in total. The Morgan fingerprint density at radius 2 is 1.52 bits per heavy atom. The van der Waals surface area contributed by atoms with Gasteiger partial charge in [-0.1, -0.05) is 28.1 Å². The van der Waals surface area contributed by atoms with Crippen LogP contribution in [0.4, 0.5) is 9.59 Å². The Kier molecular flexibility index (Phi) is 7.17. The first-order valence-corrected chi connectivity index (χ1v) is 9.16. The van der Waals surface area contributed by atoms with Crippen molar-refractivity contribution in [1.29, 1.82) is 0 Å². The predicted octanol–water partition coefficient (Wildman–Crippen LogP) is 3.25. The Hall–Kier alpha value is -2.62. The van der Waals surface area contributed by atoms with E-state index in [-0.39, 0.29) is 25.7 Å². The molecule has 1 unspecified atom stereocenters. The lowest BCUT2D eigenvalue weighted by Crippen LogP contribution is -2.51. The van der Waals surface area contributed by atoms with Crippen LogP contribution in [-0.4, -0.2) is 53.8 Å². The molecule has 1 aliphatic rings. The molecule has 0 radical (unpaired) electrons. The SMILES string of the molecule is CCOC(=O)C1=NC(c2ccc(Br)cc2)N(C(=O)OCC)N1C(=O)OCC. The summed E-state index contributed by atoms with van der Waals surface area (Å²) in [6.45, 7) is 5.06. The highest BCUT2D eigenvalue weighted by Crippen LogP contribution is 2.32. The predicted molar refractivity (Wildman–Crippen MR) is 98.7 cm³/mol. The summed E-state index contributed by atoms with van der Waals surface area (Å²) in [6, 6.07) is 6.93. The van der Waals surface area contributed by atoms with Crippen molar-refractivity contribution in [3.63, 3.8) is 0 Å². The molecule has 2 amide bonds. The molecule has 0 bridgehead atoms. The summed E-state index contributed by atoms with van der Waals surface area (Å²) < 4.78 is 15.8. The lowest BCUT2D eigenvalue weighted by atomic mass is 10.2. The van der Waals surface area contributed by atoms with Crippen LogP contribution in [0.25, 0.3) is 0 Å². The fourth-order valence-electron chi connectivity index (χ4n) is 2.35. The summed E-state index contributed by atoms with van der Waals surface area (Å²) in [6.07, 6.45) is -2.76. The van der Waals surface area contributed by atoms with Gasteiger partial charge >= 0.3 is 18.2 Å². The van der Waals surface area contributed by atoms with E-state index in [2.05, 4.69) is 20.9 Å². The number of amidine groups is 1. The summed E-state index contributed by atoms with van der Waals surface area (Å²) in [5.74, 6) is -1.20. The number of carbonyl (C=O) groups excluding carboxylic acids is 3. The minimum absolute atomic E-state index is 0.0467. The highest BCUT2D eigenvalue weighted by molar-refractivity contribution is 9.10. The molecule has 1 atom stereocenters. The second kappa shape index (κ2) is 9.36. The fourth-order valence-corrected chi connectivity index (χ4v) is 2.62. The minimum atomic E-state index is -0.985. The summed E-state index contributed by atoms with van der Waals surface area (Å²) in [4.78, 5) is 41.6. The number of hydrogen-bond acceptors (Lipinski definition) is 7. The average molecular weight is 442 g/mol. The number of hydrazine groups is 1. The van der Waals surface area contributed by atoms with Crippen LogP contribution >= 0.6 is 15.9 Å². The lowest BCUT2D eigenvalue weighted by molar-refractivity contribution is -0.136. The van der Waals surface area contributed by atoms with Crippen molar-refractivity contribution in [3.8, 4) is 0 Å². The van der Waals surface area contributed by atoms with Gasteiger partial charge in [-0.25, -0.2) is 19.4 Å². The summed E-state index contributed by atoms with van der Waals surface area (Å²) in [5, 5.41) is 1.70. The Bertz CT molecular complexity index is 737. The molecule has 0 spiro atoms. The molecule has 10 heteroatoms. The summed E-state index contributed by atoms with van der Waals surface area (Å²) in [5.41, 5.74) is 0.569. The molecule has 9 nitrogen and oxygen atoms in total. The molecule has 1 aromatic rings. The van der Waals surface area contributed by atoms with Gasteiger partial charge in [0.2, 0.25) is 5.84 Å². The van der Waals surface area contributed by atoms with Gasteiger partial charge in [0.25, 0.3) is 0 Å². The van der Waals surface area contributed by atoms with Gasteiger partial charge in [0, 0.05) is 4.47 Å². The van der Waals surface area contributed by atoms with Crippen molar-refractivity contribution in [3.05, 3.63) is 34.3 Å². The van der Waals surface area contributed by atoms with E-state index in [1.807, 2.05) is 0 Å². The first-order chi connectivity index (χ1) is 12.9. The zero-order valence-electron chi connectivity index (χ0n) is 15.2. The topological polar surface area (TPSA) is 97.7 Å². The van der Waals surface area contributed by atoms with Gasteiger partial charge in [-0.2, -0.15) is 10.0 Å². The lowest BCUT2D eigenvalue weighted by Gasteiger charge is -2.29. The van der Waals surface area contributed by atoms with E-state index in [0.29, 0.717) is 5.56 Å². The van der Waals surface area contributed by atoms with Gasteiger partial charge in [0.05, 0.1) is 19.8 Å². The molecule has 1 aliphatic heterocycles. The van der Waals surface area contributed by atoms with Gasteiger partial charge in [-0.3, -0.25) is 0 Å². The van der Waals surface area contributed by atoms with E-state index in [1.54, 1.807) is 45.0 Å². The van der Waals surface area contributed by atoms with Crippen LogP contribution in [0.3, 0.4) is 0 Å². The van der Waals surface area contributed by atoms with E-state index in [1.165, 1.54) is 0 Å². The van der Waals surface area contributed by atoms with Crippen LogP contribution in [0, 0.1) is 0 Å². The third-order valence-corrected chi connectivity index (χ3v) is 3.94. The smallest absolute Gasteiger partial charge is 0.435 e. The molecule has 146 valence electrons. The maximum Gasteiger partial charge on any atom is 0.435 e. The summed E-state index contributed by atoms with van der Waals surface area (Å²) >= 11 is 3.33. The number of amides is 2. The second-order valence-corrected chi connectivity index (χ2v) is 6.07. The Balaban J connectivity index is 2.52. The Morgan fingerprint density at radius 1 is 0.963 bits per heavy atom.